The van der Waals surface area contributed by atoms with Gasteiger partial charge in [-0.3, -0.25) is 19.4 Å². The Kier molecular flexibility index (Phi) is 4.53. The fraction of sp³-hybridized carbons (Fsp3) is 0.526. The highest BCUT2D eigenvalue weighted by atomic mass is 16.5. The molecule has 1 saturated heterocycles. The maximum absolute atomic E-state index is 13.3. The van der Waals surface area contributed by atoms with Crippen LogP contribution in [0.3, 0.4) is 0 Å². The molecule has 1 fully saturated rings. The summed E-state index contributed by atoms with van der Waals surface area (Å²) in [5, 5.41) is 9.39. The standard InChI is InChI=1S/C19H23N5O5/c1-19(2,3)15-17(27)21-16-14-12(23(10-13(25)26)18(28)24(15)16)8-11(9-20-14)22-4-6-29-7-5-22/h8-9,15H,4-7,10H2,1-3H3,(H,25,26). The smallest absolute Gasteiger partial charge is 0.331 e. The van der Waals surface area contributed by atoms with Crippen molar-refractivity contribution in [1.29, 1.82) is 0 Å². The quantitative estimate of drug-likeness (QED) is 0.801. The Balaban J connectivity index is 1.82. The highest BCUT2D eigenvalue weighted by Gasteiger charge is 2.51. The van der Waals surface area contributed by atoms with Crippen LogP contribution in [0.4, 0.5) is 16.2 Å². The third kappa shape index (κ3) is 3.23. The molecule has 10 heteroatoms. The maximum atomic E-state index is 13.3. The first-order valence-corrected chi connectivity index (χ1v) is 9.46. The number of aromatic nitrogens is 1. The number of fused-ring (bicyclic) bond motifs is 3. The van der Waals surface area contributed by atoms with Crippen LogP contribution in [0, 0.1) is 5.41 Å². The van der Waals surface area contributed by atoms with Gasteiger partial charge in [-0.1, -0.05) is 20.8 Å². The van der Waals surface area contributed by atoms with Gasteiger partial charge in [0.15, 0.2) is 5.84 Å². The summed E-state index contributed by atoms with van der Waals surface area (Å²) in [7, 11) is 0. The van der Waals surface area contributed by atoms with Crippen molar-refractivity contribution < 1.29 is 24.2 Å². The Hall–Kier alpha value is -3.01. The molecular weight excluding hydrogens is 378 g/mol. The number of hydrogen-bond acceptors (Lipinski definition) is 6. The van der Waals surface area contributed by atoms with E-state index in [1.54, 1.807) is 12.3 Å². The topological polar surface area (TPSA) is 116 Å². The minimum absolute atomic E-state index is 0.185. The molecule has 29 heavy (non-hydrogen) atoms. The lowest BCUT2D eigenvalue weighted by Crippen LogP contribution is -2.58. The number of aliphatic imine (C=N–C) groups is 1. The third-order valence-corrected chi connectivity index (χ3v) is 5.22. The monoisotopic (exact) mass is 401 g/mol. The molecular formula is C19H23N5O5. The molecule has 3 aliphatic rings. The van der Waals surface area contributed by atoms with Crippen molar-refractivity contribution in [2.45, 2.75) is 26.8 Å². The van der Waals surface area contributed by atoms with Gasteiger partial charge in [0.25, 0.3) is 5.91 Å². The number of carboxylic acid groups (broad SMARTS) is 1. The SMILES string of the molecule is CC(C)(C)C1C(=O)N=C2c3ncc(N4CCOCC4)cc3N(CC(=O)O)C(=O)N21. The Morgan fingerprint density at radius 3 is 2.59 bits per heavy atom. The summed E-state index contributed by atoms with van der Waals surface area (Å²) < 4.78 is 5.37. The number of aliphatic carboxylic acids is 1. The molecule has 154 valence electrons. The van der Waals surface area contributed by atoms with Gasteiger partial charge in [-0.25, -0.2) is 9.78 Å². The van der Waals surface area contributed by atoms with Crippen LogP contribution in [0.1, 0.15) is 26.5 Å². The average molecular weight is 401 g/mol. The van der Waals surface area contributed by atoms with Gasteiger partial charge < -0.3 is 14.7 Å². The van der Waals surface area contributed by atoms with Crippen LogP contribution in [-0.4, -0.2) is 77.6 Å². The molecule has 0 bridgehead atoms. The van der Waals surface area contributed by atoms with Gasteiger partial charge in [0.2, 0.25) is 0 Å². The van der Waals surface area contributed by atoms with Crippen molar-refractivity contribution in [3.8, 4) is 0 Å². The van der Waals surface area contributed by atoms with Crippen LogP contribution >= 0.6 is 0 Å². The fourth-order valence-corrected chi connectivity index (χ4v) is 3.91. The van der Waals surface area contributed by atoms with Crippen molar-refractivity contribution in [1.82, 2.24) is 9.88 Å². The number of amidine groups is 1. The van der Waals surface area contributed by atoms with E-state index >= 15 is 0 Å². The summed E-state index contributed by atoms with van der Waals surface area (Å²) in [5.74, 6) is -1.40. The number of rotatable bonds is 3. The predicted octanol–water partition coefficient (Wildman–Crippen LogP) is 0.946. The van der Waals surface area contributed by atoms with Gasteiger partial charge in [0, 0.05) is 13.1 Å². The molecule has 1 atom stereocenters. The van der Waals surface area contributed by atoms with Gasteiger partial charge in [0.05, 0.1) is 30.8 Å². The zero-order chi connectivity index (χ0) is 20.9. The van der Waals surface area contributed by atoms with Crippen LogP contribution in [0.25, 0.3) is 0 Å². The first-order chi connectivity index (χ1) is 13.7. The van der Waals surface area contributed by atoms with Gasteiger partial charge in [0.1, 0.15) is 18.3 Å². The molecule has 3 amide bonds. The first kappa shape index (κ1) is 19.3. The predicted molar refractivity (Wildman–Crippen MR) is 104 cm³/mol. The third-order valence-electron chi connectivity index (χ3n) is 5.22. The number of ether oxygens (including phenoxy) is 1. The summed E-state index contributed by atoms with van der Waals surface area (Å²) >= 11 is 0. The van der Waals surface area contributed by atoms with E-state index < -0.39 is 35.9 Å². The van der Waals surface area contributed by atoms with E-state index in [1.165, 1.54) is 4.90 Å². The molecule has 0 saturated carbocycles. The molecule has 0 spiro atoms. The second kappa shape index (κ2) is 6.80. The van der Waals surface area contributed by atoms with Gasteiger partial charge >= 0.3 is 12.0 Å². The highest BCUT2D eigenvalue weighted by molar-refractivity contribution is 6.25. The lowest BCUT2D eigenvalue weighted by Gasteiger charge is -2.40. The summed E-state index contributed by atoms with van der Waals surface area (Å²) in [6.45, 7) is 7.49. The summed E-state index contributed by atoms with van der Waals surface area (Å²) in [6.07, 6.45) is 1.66. The number of carboxylic acids is 1. The van der Waals surface area contributed by atoms with E-state index in [1.807, 2.05) is 20.8 Å². The number of urea groups is 1. The van der Waals surface area contributed by atoms with Crippen molar-refractivity contribution in [2.24, 2.45) is 10.4 Å². The summed E-state index contributed by atoms with van der Waals surface area (Å²) in [4.78, 5) is 50.5. The van der Waals surface area contributed by atoms with Crippen LogP contribution in [0.5, 0.6) is 0 Å². The van der Waals surface area contributed by atoms with E-state index in [9.17, 15) is 19.5 Å². The molecule has 1 unspecified atom stereocenters. The maximum Gasteiger partial charge on any atom is 0.331 e. The minimum Gasteiger partial charge on any atom is -0.480 e. The number of nitrogens with zero attached hydrogens (tertiary/aromatic N) is 5. The lowest BCUT2D eigenvalue weighted by atomic mass is 9.85. The van der Waals surface area contributed by atoms with Crippen LogP contribution in [-0.2, 0) is 14.3 Å². The van der Waals surface area contributed by atoms with E-state index in [4.69, 9.17) is 4.74 Å². The zero-order valence-electron chi connectivity index (χ0n) is 16.6. The number of carbonyl (C=O) groups excluding carboxylic acids is 2. The Morgan fingerprint density at radius 2 is 1.97 bits per heavy atom. The second-order valence-corrected chi connectivity index (χ2v) is 8.34. The number of anilines is 2. The van der Waals surface area contributed by atoms with Crippen molar-refractivity contribution >= 4 is 35.1 Å². The largest absolute Gasteiger partial charge is 0.480 e. The molecule has 0 radical (unpaired) electrons. The van der Waals surface area contributed by atoms with E-state index in [0.717, 1.165) is 10.6 Å². The van der Waals surface area contributed by atoms with E-state index in [-0.39, 0.29) is 5.84 Å². The van der Waals surface area contributed by atoms with Crippen LogP contribution < -0.4 is 9.80 Å². The number of hydrogen-bond donors (Lipinski definition) is 1. The number of carbonyl (C=O) groups is 3. The lowest BCUT2D eigenvalue weighted by molar-refractivity contribution is -0.135. The molecule has 0 aliphatic carbocycles. The number of morpholine rings is 1. The minimum atomic E-state index is -1.15. The highest BCUT2D eigenvalue weighted by Crippen LogP contribution is 2.38. The molecule has 0 aromatic carbocycles. The van der Waals surface area contributed by atoms with Crippen molar-refractivity contribution in [3.05, 3.63) is 18.0 Å². The average Bonchev–Trinajstić information content (AvgIpc) is 3.03. The molecule has 1 N–H and O–H groups in total. The number of amides is 3. The Bertz CT molecular complexity index is 916. The zero-order valence-corrected chi connectivity index (χ0v) is 16.6. The normalized spacial score (nSPS) is 21.8. The number of pyridine rings is 1. The van der Waals surface area contributed by atoms with E-state index in [2.05, 4.69) is 14.9 Å². The molecule has 1 aromatic rings. The second-order valence-electron chi connectivity index (χ2n) is 8.34. The molecule has 10 nitrogen and oxygen atoms in total. The Morgan fingerprint density at radius 1 is 1.28 bits per heavy atom. The van der Waals surface area contributed by atoms with Crippen LogP contribution in [0.2, 0.25) is 0 Å². The fourth-order valence-electron chi connectivity index (χ4n) is 3.91. The van der Waals surface area contributed by atoms with Gasteiger partial charge in [-0.2, -0.15) is 4.99 Å². The van der Waals surface area contributed by atoms with Crippen LogP contribution in [0.15, 0.2) is 17.3 Å². The Labute approximate surface area is 167 Å². The summed E-state index contributed by atoms with van der Waals surface area (Å²) in [6, 6.07) is 0.351. The summed E-state index contributed by atoms with van der Waals surface area (Å²) in [5.41, 5.74) is 0.876. The van der Waals surface area contributed by atoms with E-state index in [0.29, 0.717) is 37.7 Å². The molecule has 1 aromatic heterocycles. The van der Waals surface area contributed by atoms with Crippen molar-refractivity contribution in [2.75, 3.05) is 42.6 Å². The molecule has 3 aliphatic heterocycles. The first-order valence-electron chi connectivity index (χ1n) is 9.46. The van der Waals surface area contributed by atoms with Gasteiger partial charge in [-0.05, 0) is 11.5 Å². The van der Waals surface area contributed by atoms with Gasteiger partial charge in [-0.15, -0.1) is 0 Å². The molecule has 4 heterocycles. The van der Waals surface area contributed by atoms with Crippen molar-refractivity contribution in [3.63, 3.8) is 0 Å². The molecule has 4 rings (SSSR count).